The molecule has 2 aliphatic carbocycles. The Labute approximate surface area is 131 Å². The van der Waals surface area contributed by atoms with Crippen molar-refractivity contribution in [1.82, 2.24) is 5.32 Å². The molecule has 0 aromatic heterocycles. The number of rotatable bonds is 4. The minimum Gasteiger partial charge on any atom is -0.392 e. The summed E-state index contributed by atoms with van der Waals surface area (Å²) in [6.45, 7) is 0. The number of nitrogens with two attached hydrogens (primary N) is 1. The Kier molecular flexibility index (Phi) is 3.98. The molecular formula is C17H22N2OS. The van der Waals surface area contributed by atoms with Crippen molar-refractivity contribution >= 4 is 23.1 Å². The second kappa shape index (κ2) is 5.76. The molecule has 3 N–H and O–H groups in total. The van der Waals surface area contributed by atoms with Crippen LogP contribution in [0.5, 0.6) is 0 Å². The average Bonchev–Trinajstić information content (AvgIpc) is 3.28. The lowest BCUT2D eigenvalue weighted by atomic mass is 9.73. The lowest BCUT2D eigenvalue weighted by Crippen LogP contribution is -2.50. The van der Waals surface area contributed by atoms with Crippen molar-refractivity contribution in [1.29, 1.82) is 0 Å². The first-order valence-electron chi connectivity index (χ1n) is 7.79. The average molecular weight is 302 g/mol. The van der Waals surface area contributed by atoms with Crippen molar-refractivity contribution < 1.29 is 4.79 Å². The second-order valence-corrected chi connectivity index (χ2v) is 6.78. The van der Waals surface area contributed by atoms with E-state index in [0.29, 0.717) is 10.9 Å². The Morgan fingerprint density at radius 2 is 1.86 bits per heavy atom. The van der Waals surface area contributed by atoms with Crippen LogP contribution < -0.4 is 11.1 Å². The fraction of sp³-hybridized carbons (Fsp3) is 0.529. The van der Waals surface area contributed by atoms with Gasteiger partial charge in [0.15, 0.2) is 0 Å². The van der Waals surface area contributed by atoms with Gasteiger partial charge in [-0.15, -0.1) is 0 Å². The summed E-state index contributed by atoms with van der Waals surface area (Å²) in [5.74, 6) is 0.500. The van der Waals surface area contributed by atoms with Gasteiger partial charge in [-0.1, -0.05) is 61.8 Å². The van der Waals surface area contributed by atoms with Crippen LogP contribution in [0.2, 0.25) is 0 Å². The topological polar surface area (TPSA) is 55.1 Å². The molecular weight excluding hydrogens is 280 g/mol. The third-order valence-corrected chi connectivity index (χ3v) is 5.34. The van der Waals surface area contributed by atoms with E-state index in [9.17, 15) is 4.79 Å². The van der Waals surface area contributed by atoms with Crippen LogP contribution in [0.1, 0.15) is 50.0 Å². The quantitative estimate of drug-likeness (QED) is 0.841. The lowest BCUT2D eigenvalue weighted by molar-refractivity contribution is -0.129. The van der Waals surface area contributed by atoms with Crippen LogP contribution in [0, 0.1) is 5.41 Å². The van der Waals surface area contributed by atoms with Gasteiger partial charge in [0.2, 0.25) is 5.91 Å². The summed E-state index contributed by atoms with van der Waals surface area (Å²) in [5, 5.41) is 3.19. The number of nitrogens with one attached hydrogen (secondary N) is 1. The third-order valence-electron chi connectivity index (χ3n) is 4.95. The Balaban J connectivity index is 1.65. The number of amides is 1. The van der Waals surface area contributed by atoms with E-state index in [2.05, 4.69) is 17.4 Å². The monoisotopic (exact) mass is 302 g/mol. The molecule has 0 aliphatic heterocycles. The minimum atomic E-state index is -0.600. The molecule has 2 saturated carbocycles. The van der Waals surface area contributed by atoms with Crippen LogP contribution in [0.15, 0.2) is 30.3 Å². The molecule has 21 heavy (non-hydrogen) atoms. The Morgan fingerprint density at radius 1 is 1.19 bits per heavy atom. The van der Waals surface area contributed by atoms with Crippen molar-refractivity contribution in [3.8, 4) is 0 Å². The molecule has 0 heterocycles. The van der Waals surface area contributed by atoms with Crippen LogP contribution in [0.4, 0.5) is 0 Å². The van der Waals surface area contributed by atoms with Crippen LogP contribution in [0.25, 0.3) is 0 Å². The van der Waals surface area contributed by atoms with E-state index < -0.39 is 5.41 Å². The van der Waals surface area contributed by atoms with E-state index >= 15 is 0 Å². The van der Waals surface area contributed by atoms with Crippen LogP contribution >= 0.6 is 12.2 Å². The molecule has 2 aliphatic rings. The summed E-state index contributed by atoms with van der Waals surface area (Å²) >= 11 is 5.22. The van der Waals surface area contributed by atoms with E-state index in [1.807, 2.05) is 18.2 Å². The highest BCUT2D eigenvalue weighted by atomic mass is 32.1. The summed E-state index contributed by atoms with van der Waals surface area (Å²) in [4.78, 5) is 13.1. The fourth-order valence-corrected chi connectivity index (χ4v) is 3.77. The fourth-order valence-electron chi connectivity index (χ4n) is 3.47. The van der Waals surface area contributed by atoms with Gasteiger partial charge in [-0.05, 0) is 24.8 Å². The highest BCUT2D eigenvalue weighted by Gasteiger charge is 2.47. The van der Waals surface area contributed by atoms with E-state index in [1.54, 1.807) is 0 Å². The van der Waals surface area contributed by atoms with E-state index in [1.165, 1.54) is 12.0 Å². The number of carbonyl (C=O) groups is 1. The number of carbonyl (C=O) groups excluding carboxylic acids is 1. The SMILES string of the molecule is NC(=S)C1(C(=O)NC2CC2c2ccccc2)CCCCC1. The molecule has 3 rings (SSSR count). The van der Waals surface area contributed by atoms with Gasteiger partial charge in [0, 0.05) is 12.0 Å². The lowest BCUT2D eigenvalue weighted by Gasteiger charge is -2.34. The molecule has 2 fully saturated rings. The third kappa shape index (κ3) is 2.82. The highest BCUT2D eigenvalue weighted by Crippen LogP contribution is 2.43. The summed E-state index contributed by atoms with van der Waals surface area (Å²) in [6.07, 6.45) is 5.87. The zero-order valence-electron chi connectivity index (χ0n) is 12.2. The first-order valence-corrected chi connectivity index (χ1v) is 8.20. The molecule has 4 heteroatoms. The Hall–Kier alpha value is -1.42. The number of hydrogen-bond donors (Lipinski definition) is 2. The van der Waals surface area contributed by atoms with Gasteiger partial charge in [0.1, 0.15) is 0 Å². The second-order valence-electron chi connectivity index (χ2n) is 6.34. The maximum Gasteiger partial charge on any atom is 0.233 e. The van der Waals surface area contributed by atoms with Gasteiger partial charge in [-0.3, -0.25) is 4.79 Å². The van der Waals surface area contributed by atoms with Crippen molar-refractivity contribution in [3.63, 3.8) is 0 Å². The van der Waals surface area contributed by atoms with E-state index in [4.69, 9.17) is 18.0 Å². The van der Waals surface area contributed by atoms with Crippen molar-refractivity contribution in [2.75, 3.05) is 0 Å². The number of benzene rings is 1. The molecule has 1 amide bonds. The molecule has 0 saturated heterocycles. The molecule has 2 unspecified atom stereocenters. The molecule has 0 bridgehead atoms. The minimum absolute atomic E-state index is 0.0538. The van der Waals surface area contributed by atoms with Gasteiger partial charge < -0.3 is 11.1 Å². The molecule has 3 nitrogen and oxygen atoms in total. The summed E-state index contributed by atoms with van der Waals surface area (Å²) in [7, 11) is 0. The normalized spacial score (nSPS) is 26.9. The van der Waals surface area contributed by atoms with Gasteiger partial charge in [0.25, 0.3) is 0 Å². The smallest absolute Gasteiger partial charge is 0.233 e. The predicted molar refractivity (Wildman–Crippen MR) is 88.0 cm³/mol. The maximum atomic E-state index is 12.7. The van der Waals surface area contributed by atoms with Gasteiger partial charge in [-0.2, -0.15) is 0 Å². The number of hydrogen-bond acceptors (Lipinski definition) is 2. The number of thiocarbonyl (C=S) groups is 1. The van der Waals surface area contributed by atoms with E-state index in [-0.39, 0.29) is 11.9 Å². The zero-order valence-corrected chi connectivity index (χ0v) is 13.0. The molecule has 0 spiro atoms. The zero-order chi connectivity index (χ0) is 14.9. The van der Waals surface area contributed by atoms with Crippen LogP contribution in [0.3, 0.4) is 0 Å². The highest BCUT2D eigenvalue weighted by molar-refractivity contribution is 7.80. The first-order chi connectivity index (χ1) is 10.1. The molecule has 1 aromatic carbocycles. The predicted octanol–water partition coefficient (Wildman–Crippen LogP) is 2.90. The molecule has 1 aromatic rings. The Morgan fingerprint density at radius 3 is 2.48 bits per heavy atom. The van der Waals surface area contributed by atoms with Gasteiger partial charge in [-0.25, -0.2) is 0 Å². The Bertz CT molecular complexity index is 537. The van der Waals surface area contributed by atoms with Gasteiger partial charge in [0.05, 0.1) is 10.4 Å². The largest absolute Gasteiger partial charge is 0.392 e. The maximum absolute atomic E-state index is 12.7. The van der Waals surface area contributed by atoms with Crippen LogP contribution in [-0.4, -0.2) is 16.9 Å². The summed E-state index contributed by atoms with van der Waals surface area (Å²) in [5.41, 5.74) is 6.62. The first kappa shape index (κ1) is 14.5. The molecule has 112 valence electrons. The van der Waals surface area contributed by atoms with E-state index in [0.717, 1.165) is 32.1 Å². The van der Waals surface area contributed by atoms with Gasteiger partial charge >= 0.3 is 0 Å². The molecule has 2 atom stereocenters. The van der Waals surface area contributed by atoms with Crippen molar-refractivity contribution in [2.24, 2.45) is 11.1 Å². The molecule has 0 radical (unpaired) electrons. The van der Waals surface area contributed by atoms with Crippen molar-refractivity contribution in [2.45, 2.75) is 50.5 Å². The van der Waals surface area contributed by atoms with Crippen molar-refractivity contribution in [3.05, 3.63) is 35.9 Å². The standard InChI is InChI=1S/C17H22N2OS/c18-15(21)17(9-5-2-6-10-17)16(20)19-14-11-13(14)12-7-3-1-4-8-12/h1,3-4,7-8,13-14H,2,5-6,9-11H2,(H2,18,21)(H,19,20). The summed E-state index contributed by atoms with van der Waals surface area (Å²) < 4.78 is 0. The van der Waals surface area contributed by atoms with Crippen LogP contribution in [-0.2, 0) is 4.79 Å². The summed E-state index contributed by atoms with van der Waals surface area (Å²) in [6, 6.07) is 10.6.